The number of nitrogens with one attached hydrogen (secondary N) is 1. The molecule has 1 aromatic rings. The number of aryl methyl sites for hydroxylation is 1. The fourth-order valence-electron chi connectivity index (χ4n) is 1.48. The van der Waals surface area contributed by atoms with E-state index in [-0.39, 0.29) is 17.7 Å². The van der Waals surface area contributed by atoms with Gasteiger partial charge in [-0.05, 0) is 32.0 Å². The zero-order valence-corrected chi connectivity index (χ0v) is 10.1. The lowest BCUT2D eigenvalue weighted by atomic mass is 10.4. The molecule has 1 aliphatic heterocycles. The quantitative estimate of drug-likeness (QED) is 0.835. The van der Waals surface area contributed by atoms with E-state index in [4.69, 9.17) is 0 Å². The second kappa shape index (κ2) is 5.53. The number of nitrogens with zero attached hydrogens (tertiary/aromatic N) is 2. The lowest BCUT2D eigenvalue weighted by Gasteiger charge is -2.06. The molecule has 15 heavy (non-hydrogen) atoms. The summed E-state index contributed by atoms with van der Waals surface area (Å²) in [5.41, 5.74) is 0.857. The third-order valence-corrected chi connectivity index (χ3v) is 3.94. The number of rotatable bonds is 2. The normalized spacial score (nSPS) is 22.1. The first-order valence-corrected chi connectivity index (χ1v) is 5.90. The van der Waals surface area contributed by atoms with E-state index in [1.807, 2.05) is 13.0 Å². The van der Waals surface area contributed by atoms with Crippen LogP contribution in [0.2, 0.25) is 0 Å². The van der Waals surface area contributed by atoms with Gasteiger partial charge in [-0.2, -0.15) is 5.10 Å². The maximum atomic E-state index is 11.9. The van der Waals surface area contributed by atoms with Gasteiger partial charge in [-0.1, -0.05) is 0 Å². The van der Waals surface area contributed by atoms with E-state index >= 15 is 0 Å². The minimum absolute atomic E-state index is 0. The Bertz CT molecular complexity index is 338. The Morgan fingerprint density at radius 2 is 2.27 bits per heavy atom. The summed E-state index contributed by atoms with van der Waals surface area (Å²) in [5.74, 6) is 0. The average molecular weight is 248 g/mol. The number of aromatic nitrogens is 2. The van der Waals surface area contributed by atoms with Gasteiger partial charge in [0.15, 0.2) is 0 Å². The van der Waals surface area contributed by atoms with E-state index in [0.29, 0.717) is 5.03 Å². The van der Waals surface area contributed by atoms with Gasteiger partial charge in [0.2, 0.25) is 0 Å². The summed E-state index contributed by atoms with van der Waals surface area (Å²) in [6, 6.07) is 3.65. The van der Waals surface area contributed by atoms with Crippen molar-refractivity contribution in [2.24, 2.45) is 0 Å². The van der Waals surface area contributed by atoms with Crippen LogP contribution in [0.1, 0.15) is 12.1 Å². The van der Waals surface area contributed by atoms with Crippen LogP contribution in [0.25, 0.3) is 0 Å². The molecule has 84 valence electrons. The van der Waals surface area contributed by atoms with Crippen molar-refractivity contribution >= 4 is 23.2 Å². The largest absolute Gasteiger partial charge is 0.315 e. The van der Waals surface area contributed by atoms with Crippen LogP contribution in [-0.2, 0) is 10.8 Å². The molecule has 1 aromatic heterocycles. The van der Waals surface area contributed by atoms with Crippen molar-refractivity contribution in [3.63, 3.8) is 0 Å². The van der Waals surface area contributed by atoms with E-state index in [2.05, 4.69) is 15.5 Å². The molecule has 6 heteroatoms. The highest BCUT2D eigenvalue weighted by Crippen LogP contribution is 2.13. The van der Waals surface area contributed by atoms with Crippen molar-refractivity contribution in [2.75, 3.05) is 13.1 Å². The van der Waals surface area contributed by atoms with Gasteiger partial charge in [0, 0.05) is 6.54 Å². The van der Waals surface area contributed by atoms with Gasteiger partial charge in [0.1, 0.15) is 5.03 Å². The highest BCUT2D eigenvalue weighted by molar-refractivity contribution is 7.85. The monoisotopic (exact) mass is 247 g/mol. The van der Waals surface area contributed by atoms with Gasteiger partial charge in [0.05, 0.1) is 21.7 Å². The highest BCUT2D eigenvalue weighted by atomic mass is 35.5. The second-order valence-corrected chi connectivity index (χ2v) is 5.10. The Morgan fingerprint density at radius 3 is 2.80 bits per heavy atom. The molecule has 1 fully saturated rings. The molecule has 1 N–H and O–H groups in total. The van der Waals surface area contributed by atoms with Gasteiger partial charge in [-0.25, -0.2) is 0 Å². The van der Waals surface area contributed by atoms with Crippen LogP contribution < -0.4 is 5.32 Å². The SMILES string of the molecule is Cc1ccc(S(=O)[C@@H]2CCNC2)nn1.Cl. The molecule has 4 nitrogen and oxygen atoms in total. The Morgan fingerprint density at radius 1 is 1.47 bits per heavy atom. The number of hydrogen-bond donors (Lipinski definition) is 1. The fraction of sp³-hybridized carbons (Fsp3) is 0.556. The molecule has 1 unspecified atom stereocenters. The minimum atomic E-state index is -1.00. The molecule has 0 radical (unpaired) electrons. The Kier molecular flexibility index (Phi) is 4.63. The summed E-state index contributed by atoms with van der Waals surface area (Å²) >= 11 is 0. The van der Waals surface area contributed by atoms with Crippen LogP contribution in [-0.4, -0.2) is 32.7 Å². The van der Waals surface area contributed by atoms with Crippen molar-refractivity contribution in [2.45, 2.75) is 23.6 Å². The molecular weight excluding hydrogens is 234 g/mol. The van der Waals surface area contributed by atoms with Crippen LogP contribution in [0.5, 0.6) is 0 Å². The zero-order valence-electron chi connectivity index (χ0n) is 8.47. The van der Waals surface area contributed by atoms with E-state index in [1.165, 1.54) is 0 Å². The smallest absolute Gasteiger partial charge is 0.150 e. The molecule has 1 saturated heterocycles. The molecule has 0 amide bonds. The first-order chi connectivity index (χ1) is 6.77. The van der Waals surface area contributed by atoms with Crippen LogP contribution >= 0.6 is 12.4 Å². The van der Waals surface area contributed by atoms with Gasteiger partial charge >= 0.3 is 0 Å². The second-order valence-electron chi connectivity index (χ2n) is 3.43. The molecule has 2 heterocycles. The average Bonchev–Trinajstić information content (AvgIpc) is 2.71. The first kappa shape index (κ1) is 12.5. The third-order valence-electron chi connectivity index (χ3n) is 2.30. The molecule has 1 aliphatic rings. The standard InChI is InChI=1S/C9H13N3OS.ClH/c1-7-2-3-9(12-11-7)14(13)8-4-5-10-6-8;/h2-3,8,10H,4-6H2,1H3;1H/t8-,14?;/m1./s1. The summed E-state index contributed by atoms with van der Waals surface area (Å²) in [6.45, 7) is 3.65. The van der Waals surface area contributed by atoms with E-state index < -0.39 is 10.8 Å². The summed E-state index contributed by atoms with van der Waals surface area (Å²) in [6.07, 6.45) is 0.960. The molecule has 2 rings (SSSR count). The van der Waals surface area contributed by atoms with Crippen LogP contribution in [0.3, 0.4) is 0 Å². The Balaban J connectivity index is 0.00000112. The zero-order chi connectivity index (χ0) is 9.97. The molecule has 0 aliphatic carbocycles. The highest BCUT2D eigenvalue weighted by Gasteiger charge is 2.23. The van der Waals surface area contributed by atoms with Gasteiger partial charge in [-0.15, -0.1) is 17.5 Å². The molecule has 2 atom stereocenters. The maximum Gasteiger partial charge on any atom is 0.150 e. The Hall–Kier alpha value is -0.520. The van der Waals surface area contributed by atoms with Crippen molar-refractivity contribution in [1.29, 1.82) is 0 Å². The van der Waals surface area contributed by atoms with Crippen molar-refractivity contribution in [1.82, 2.24) is 15.5 Å². The molecule has 0 spiro atoms. The number of hydrogen-bond acceptors (Lipinski definition) is 4. The van der Waals surface area contributed by atoms with E-state index in [0.717, 1.165) is 25.2 Å². The molecule has 0 saturated carbocycles. The number of halogens is 1. The van der Waals surface area contributed by atoms with E-state index in [1.54, 1.807) is 6.07 Å². The molecular formula is C9H14ClN3OS. The third kappa shape index (κ3) is 2.96. The summed E-state index contributed by atoms with van der Waals surface area (Å²) in [5, 5.41) is 11.8. The van der Waals surface area contributed by atoms with Crippen LogP contribution in [0.15, 0.2) is 17.2 Å². The van der Waals surface area contributed by atoms with Crippen molar-refractivity contribution in [3.05, 3.63) is 17.8 Å². The fourth-order valence-corrected chi connectivity index (χ4v) is 2.74. The van der Waals surface area contributed by atoms with Crippen LogP contribution in [0.4, 0.5) is 0 Å². The topological polar surface area (TPSA) is 54.9 Å². The minimum Gasteiger partial charge on any atom is -0.315 e. The Labute approximate surface area is 97.7 Å². The van der Waals surface area contributed by atoms with Crippen LogP contribution in [0, 0.1) is 6.92 Å². The molecule has 0 aromatic carbocycles. The summed E-state index contributed by atoms with van der Waals surface area (Å²) in [7, 11) is -1.00. The lowest BCUT2D eigenvalue weighted by Crippen LogP contribution is -2.19. The summed E-state index contributed by atoms with van der Waals surface area (Å²) in [4.78, 5) is 0. The van der Waals surface area contributed by atoms with Gasteiger partial charge in [0.25, 0.3) is 0 Å². The van der Waals surface area contributed by atoms with E-state index in [9.17, 15) is 4.21 Å². The first-order valence-electron chi connectivity index (χ1n) is 4.69. The van der Waals surface area contributed by atoms with Crippen molar-refractivity contribution in [3.8, 4) is 0 Å². The van der Waals surface area contributed by atoms with Gasteiger partial charge < -0.3 is 5.32 Å². The lowest BCUT2D eigenvalue weighted by molar-refractivity contribution is 0.666. The molecule has 0 bridgehead atoms. The predicted molar refractivity (Wildman–Crippen MR) is 61.7 cm³/mol. The summed E-state index contributed by atoms with van der Waals surface area (Å²) < 4.78 is 11.9. The predicted octanol–water partition coefficient (Wildman–Crippen LogP) is 0.676. The maximum absolute atomic E-state index is 11.9. The van der Waals surface area contributed by atoms with Gasteiger partial charge in [-0.3, -0.25) is 4.21 Å². The van der Waals surface area contributed by atoms with Crippen molar-refractivity contribution < 1.29 is 4.21 Å².